The lowest BCUT2D eigenvalue weighted by Gasteiger charge is -2.14. The van der Waals surface area contributed by atoms with Gasteiger partial charge in [-0.2, -0.15) is 0 Å². The minimum atomic E-state index is -0.243. The van der Waals surface area contributed by atoms with Gasteiger partial charge >= 0.3 is 6.03 Å². The minimum absolute atomic E-state index is 0.0807. The highest BCUT2D eigenvalue weighted by atomic mass is 16.2. The average molecular weight is 289 g/mol. The number of urea groups is 1. The number of anilines is 1. The first-order valence-corrected chi connectivity index (χ1v) is 7.48. The average Bonchev–Trinajstić information content (AvgIpc) is 3.24. The predicted octanol–water partition coefficient (Wildman–Crippen LogP) is 2.81. The number of benzene rings is 1. The third-order valence-corrected chi connectivity index (χ3v) is 3.65. The van der Waals surface area contributed by atoms with Crippen molar-refractivity contribution in [2.45, 2.75) is 52.1 Å². The van der Waals surface area contributed by atoms with Crippen molar-refractivity contribution in [1.29, 1.82) is 0 Å². The van der Waals surface area contributed by atoms with Gasteiger partial charge in [-0.1, -0.05) is 13.0 Å². The molecule has 114 valence electrons. The summed E-state index contributed by atoms with van der Waals surface area (Å²) < 4.78 is 0. The first-order chi connectivity index (χ1) is 9.99. The van der Waals surface area contributed by atoms with E-state index in [4.69, 9.17) is 0 Å². The van der Waals surface area contributed by atoms with Crippen molar-refractivity contribution in [2.24, 2.45) is 0 Å². The molecule has 0 unspecified atom stereocenters. The van der Waals surface area contributed by atoms with E-state index in [0.29, 0.717) is 17.3 Å². The van der Waals surface area contributed by atoms with Crippen molar-refractivity contribution >= 4 is 17.6 Å². The van der Waals surface area contributed by atoms with E-state index in [1.807, 2.05) is 26.8 Å². The molecule has 3 N–H and O–H groups in total. The van der Waals surface area contributed by atoms with E-state index < -0.39 is 0 Å². The highest BCUT2D eigenvalue weighted by Gasteiger charge is 2.24. The maximum atomic E-state index is 12.0. The van der Waals surface area contributed by atoms with Crippen molar-refractivity contribution in [2.75, 3.05) is 5.32 Å². The predicted molar refractivity (Wildman–Crippen MR) is 83.6 cm³/mol. The smallest absolute Gasteiger partial charge is 0.319 e. The third-order valence-electron chi connectivity index (χ3n) is 3.65. The van der Waals surface area contributed by atoms with Crippen LogP contribution in [0.25, 0.3) is 0 Å². The van der Waals surface area contributed by atoms with Crippen molar-refractivity contribution in [3.8, 4) is 0 Å². The van der Waals surface area contributed by atoms with E-state index in [9.17, 15) is 9.59 Å². The van der Waals surface area contributed by atoms with Crippen molar-refractivity contribution in [1.82, 2.24) is 10.6 Å². The monoisotopic (exact) mass is 289 g/mol. The Bertz CT molecular complexity index is 538. The highest BCUT2D eigenvalue weighted by molar-refractivity contribution is 5.97. The first-order valence-electron chi connectivity index (χ1n) is 7.48. The molecule has 0 aliphatic heterocycles. The van der Waals surface area contributed by atoms with E-state index in [-0.39, 0.29) is 18.0 Å². The minimum Gasteiger partial charge on any atom is -0.349 e. The molecule has 1 atom stereocenters. The molecule has 1 aliphatic rings. The Morgan fingerprint density at radius 2 is 2.05 bits per heavy atom. The van der Waals surface area contributed by atoms with Crippen LogP contribution in [-0.4, -0.2) is 24.0 Å². The number of carbonyl (C=O) groups is 2. The summed E-state index contributed by atoms with van der Waals surface area (Å²) in [6.07, 6.45) is 2.98. The summed E-state index contributed by atoms with van der Waals surface area (Å²) >= 11 is 0. The SMILES string of the molecule is CC[C@H](C)NC(=O)Nc1cc(C(=O)NC2CC2)ccc1C. The maximum Gasteiger partial charge on any atom is 0.319 e. The lowest BCUT2D eigenvalue weighted by atomic mass is 10.1. The van der Waals surface area contributed by atoms with Gasteiger partial charge in [0.05, 0.1) is 0 Å². The topological polar surface area (TPSA) is 70.2 Å². The van der Waals surface area contributed by atoms with Crippen LogP contribution in [0.5, 0.6) is 0 Å². The van der Waals surface area contributed by atoms with Gasteiger partial charge in [0, 0.05) is 23.3 Å². The number of rotatable bonds is 5. The van der Waals surface area contributed by atoms with E-state index in [0.717, 1.165) is 24.8 Å². The van der Waals surface area contributed by atoms with Gasteiger partial charge < -0.3 is 16.0 Å². The second kappa shape index (κ2) is 6.61. The summed E-state index contributed by atoms with van der Waals surface area (Å²) in [6, 6.07) is 5.55. The number of hydrogen-bond acceptors (Lipinski definition) is 2. The van der Waals surface area contributed by atoms with Crippen LogP contribution in [-0.2, 0) is 0 Å². The molecule has 0 saturated heterocycles. The van der Waals surface area contributed by atoms with Gasteiger partial charge in [0.1, 0.15) is 0 Å². The summed E-state index contributed by atoms with van der Waals surface area (Å²) in [7, 11) is 0. The molecule has 0 bridgehead atoms. The largest absolute Gasteiger partial charge is 0.349 e. The molecule has 1 aromatic rings. The van der Waals surface area contributed by atoms with Crippen LogP contribution in [0, 0.1) is 6.92 Å². The number of amides is 3. The van der Waals surface area contributed by atoms with E-state index in [1.54, 1.807) is 12.1 Å². The molecule has 5 heteroatoms. The number of aryl methyl sites for hydroxylation is 1. The zero-order valence-corrected chi connectivity index (χ0v) is 12.8. The number of nitrogens with one attached hydrogen (secondary N) is 3. The van der Waals surface area contributed by atoms with E-state index in [2.05, 4.69) is 16.0 Å². The number of hydrogen-bond donors (Lipinski definition) is 3. The van der Waals surface area contributed by atoms with Crippen LogP contribution in [0.2, 0.25) is 0 Å². The molecule has 2 rings (SSSR count). The second-order valence-electron chi connectivity index (χ2n) is 5.69. The lowest BCUT2D eigenvalue weighted by Crippen LogP contribution is -2.35. The zero-order chi connectivity index (χ0) is 15.4. The molecule has 21 heavy (non-hydrogen) atoms. The second-order valence-corrected chi connectivity index (χ2v) is 5.69. The van der Waals surface area contributed by atoms with Crippen LogP contribution in [0.3, 0.4) is 0 Å². The Balaban J connectivity index is 2.04. The maximum absolute atomic E-state index is 12.0. The Labute approximate surface area is 125 Å². The van der Waals surface area contributed by atoms with Gasteiger partial charge in [0.15, 0.2) is 0 Å². The van der Waals surface area contributed by atoms with Crippen LogP contribution in [0.15, 0.2) is 18.2 Å². The molecular formula is C16H23N3O2. The van der Waals surface area contributed by atoms with Crippen LogP contribution >= 0.6 is 0 Å². The zero-order valence-electron chi connectivity index (χ0n) is 12.8. The van der Waals surface area contributed by atoms with Gasteiger partial charge in [0.2, 0.25) is 0 Å². The van der Waals surface area contributed by atoms with Gasteiger partial charge in [-0.3, -0.25) is 4.79 Å². The molecule has 5 nitrogen and oxygen atoms in total. The fraction of sp³-hybridized carbons (Fsp3) is 0.500. The molecule has 1 aliphatic carbocycles. The fourth-order valence-electron chi connectivity index (χ4n) is 1.88. The summed E-state index contributed by atoms with van der Waals surface area (Å²) in [5.74, 6) is -0.0807. The van der Waals surface area contributed by atoms with Crippen LogP contribution < -0.4 is 16.0 Å². The van der Waals surface area contributed by atoms with Gasteiger partial charge in [-0.25, -0.2) is 4.79 Å². The van der Waals surface area contributed by atoms with Crippen molar-refractivity contribution < 1.29 is 9.59 Å². The summed E-state index contributed by atoms with van der Waals surface area (Å²) in [6.45, 7) is 5.87. The molecule has 1 saturated carbocycles. The molecule has 0 aromatic heterocycles. The van der Waals surface area contributed by atoms with Gasteiger partial charge in [-0.15, -0.1) is 0 Å². The molecule has 0 spiro atoms. The Morgan fingerprint density at radius 1 is 1.33 bits per heavy atom. The Morgan fingerprint density at radius 3 is 2.67 bits per heavy atom. The molecule has 1 fully saturated rings. The van der Waals surface area contributed by atoms with Crippen LogP contribution in [0.4, 0.5) is 10.5 Å². The third kappa shape index (κ3) is 4.48. The summed E-state index contributed by atoms with van der Waals surface area (Å²) in [5, 5.41) is 8.60. The summed E-state index contributed by atoms with van der Waals surface area (Å²) in [5.41, 5.74) is 2.17. The Hall–Kier alpha value is -2.04. The van der Waals surface area contributed by atoms with E-state index in [1.165, 1.54) is 0 Å². The number of carbonyl (C=O) groups excluding carboxylic acids is 2. The molecule has 1 aromatic carbocycles. The molecule has 0 radical (unpaired) electrons. The van der Waals surface area contributed by atoms with Crippen LogP contribution in [0.1, 0.15) is 49.0 Å². The van der Waals surface area contributed by atoms with E-state index >= 15 is 0 Å². The lowest BCUT2D eigenvalue weighted by molar-refractivity contribution is 0.0951. The fourth-order valence-corrected chi connectivity index (χ4v) is 1.88. The quantitative estimate of drug-likeness (QED) is 0.780. The standard InChI is InChI=1S/C16H23N3O2/c1-4-11(3)17-16(21)19-14-9-12(6-5-10(14)2)15(20)18-13-7-8-13/h5-6,9,11,13H,4,7-8H2,1-3H3,(H,18,20)(H2,17,19,21)/t11-/m0/s1. The van der Waals surface area contributed by atoms with Gasteiger partial charge in [-0.05, 0) is 50.8 Å². The molecular weight excluding hydrogens is 266 g/mol. The molecule has 0 heterocycles. The Kier molecular flexibility index (Phi) is 4.83. The normalized spacial score (nSPS) is 15.2. The van der Waals surface area contributed by atoms with Crippen molar-refractivity contribution in [3.63, 3.8) is 0 Å². The van der Waals surface area contributed by atoms with Gasteiger partial charge in [0.25, 0.3) is 5.91 Å². The highest BCUT2D eigenvalue weighted by Crippen LogP contribution is 2.21. The van der Waals surface area contributed by atoms with Crippen molar-refractivity contribution in [3.05, 3.63) is 29.3 Å². The molecule has 3 amide bonds. The summed E-state index contributed by atoms with van der Waals surface area (Å²) in [4.78, 5) is 23.9. The first kappa shape index (κ1) is 15.4.